The van der Waals surface area contributed by atoms with Gasteiger partial charge in [-0.1, -0.05) is 12.1 Å². The van der Waals surface area contributed by atoms with Gasteiger partial charge in [-0.3, -0.25) is 9.69 Å². The lowest BCUT2D eigenvalue weighted by atomic mass is 9.90. The van der Waals surface area contributed by atoms with Crippen LogP contribution in [0.3, 0.4) is 0 Å². The number of benzene rings is 2. The predicted octanol–water partition coefficient (Wildman–Crippen LogP) is 3.33. The van der Waals surface area contributed by atoms with Crippen LogP contribution in [0, 0.1) is 6.92 Å². The molecule has 1 aliphatic heterocycles. The monoisotopic (exact) mass is 538 g/mol. The SMILES string of the molecule is COc1ccc2c(c1)CCc1cnc(-n3cc(C(=O)Nc4ccc(CN5CCN(C)CC5)cc4C)c(N)n3)nc1-2. The summed E-state index contributed by atoms with van der Waals surface area (Å²) in [4.78, 5) is 27.3. The van der Waals surface area contributed by atoms with Crippen molar-refractivity contribution in [1.82, 2.24) is 29.5 Å². The Bertz CT molecular complexity index is 1570. The Morgan fingerprint density at radius 2 is 1.88 bits per heavy atom. The Morgan fingerprint density at radius 1 is 1.07 bits per heavy atom. The van der Waals surface area contributed by atoms with Crippen molar-refractivity contribution in [2.24, 2.45) is 0 Å². The maximum Gasteiger partial charge on any atom is 0.261 e. The van der Waals surface area contributed by atoms with Gasteiger partial charge in [0, 0.05) is 56.4 Å². The van der Waals surface area contributed by atoms with Gasteiger partial charge in [0.25, 0.3) is 11.9 Å². The Labute approximate surface area is 233 Å². The van der Waals surface area contributed by atoms with Gasteiger partial charge >= 0.3 is 0 Å². The van der Waals surface area contributed by atoms with E-state index in [1.807, 2.05) is 31.3 Å². The molecule has 0 saturated carbocycles. The number of anilines is 2. The molecule has 0 spiro atoms. The van der Waals surface area contributed by atoms with E-state index in [0.717, 1.165) is 79.4 Å². The maximum atomic E-state index is 13.2. The summed E-state index contributed by atoms with van der Waals surface area (Å²) in [6.45, 7) is 7.20. The fourth-order valence-corrected chi connectivity index (χ4v) is 5.41. The molecule has 2 aromatic heterocycles. The first-order chi connectivity index (χ1) is 19.4. The minimum absolute atomic E-state index is 0.119. The van der Waals surface area contributed by atoms with E-state index in [1.54, 1.807) is 13.3 Å². The first kappa shape index (κ1) is 26.0. The minimum atomic E-state index is -0.325. The molecule has 40 heavy (non-hydrogen) atoms. The normalized spacial score (nSPS) is 15.4. The number of nitrogens with zero attached hydrogens (tertiary/aromatic N) is 6. The number of nitrogen functional groups attached to an aromatic ring is 1. The molecule has 10 nitrogen and oxygen atoms in total. The average molecular weight is 539 g/mol. The first-order valence-electron chi connectivity index (χ1n) is 13.6. The van der Waals surface area contributed by atoms with Crippen LogP contribution in [0.1, 0.15) is 32.6 Å². The van der Waals surface area contributed by atoms with Crippen molar-refractivity contribution in [1.29, 1.82) is 0 Å². The number of hydrogen-bond donors (Lipinski definition) is 2. The van der Waals surface area contributed by atoms with E-state index in [0.29, 0.717) is 5.95 Å². The smallest absolute Gasteiger partial charge is 0.261 e. The summed E-state index contributed by atoms with van der Waals surface area (Å²) in [7, 11) is 3.83. The molecule has 0 bridgehead atoms. The topological polar surface area (TPSA) is 114 Å². The fourth-order valence-electron chi connectivity index (χ4n) is 5.41. The molecule has 0 atom stereocenters. The standard InChI is InChI=1S/C30H34N8O2/c1-19-14-20(17-37-12-10-36(2)11-13-37)4-9-26(19)33-29(39)25-18-38(35-28(25)31)30-32-16-22-6-5-21-15-23(40-3)7-8-24(21)27(22)34-30/h4,7-9,14-16,18H,5-6,10-13,17H2,1-3H3,(H2,31,35)(H,33,39). The molecular formula is C30H34N8O2. The number of carbonyl (C=O) groups is 1. The first-order valence-corrected chi connectivity index (χ1v) is 13.6. The summed E-state index contributed by atoms with van der Waals surface area (Å²) in [6.07, 6.45) is 5.16. The number of rotatable bonds is 6. The number of carbonyl (C=O) groups excluding carboxylic acids is 1. The van der Waals surface area contributed by atoms with Crippen molar-refractivity contribution in [3.8, 4) is 23.0 Å². The third-order valence-corrected chi connectivity index (χ3v) is 7.82. The molecule has 0 radical (unpaired) electrons. The third-order valence-electron chi connectivity index (χ3n) is 7.82. The molecule has 6 rings (SSSR count). The van der Waals surface area contributed by atoms with Gasteiger partial charge in [0.05, 0.1) is 12.8 Å². The van der Waals surface area contributed by atoms with Crippen LogP contribution in [0.2, 0.25) is 0 Å². The molecule has 1 amide bonds. The zero-order valence-electron chi connectivity index (χ0n) is 23.1. The lowest BCUT2D eigenvalue weighted by Gasteiger charge is -2.32. The van der Waals surface area contributed by atoms with Gasteiger partial charge in [-0.25, -0.2) is 14.6 Å². The summed E-state index contributed by atoms with van der Waals surface area (Å²) >= 11 is 0. The van der Waals surface area contributed by atoms with Gasteiger partial charge in [-0.05, 0) is 73.3 Å². The number of aryl methyl sites for hydroxylation is 3. The second-order valence-electron chi connectivity index (χ2n) is 10.6. The van der Waals surface area contributed by atoms with Crippen molar-refractivity contribution >= 4 is 17.4 Å². The van der Waals surface area contributed by atoms with Crippen molar-refractivity contribution < 1.29 is 9.53 Å². The zero-order valence-corrected chi connectivity index (χ0v) is 23.1. The van der Waals surface area contributed by atoms with Gasteiger partial charge in [0.1, 0.15) is 11.3 Å². The Hall–Kier alpha value is -4.28. The van der Waals surface area contributed by atoms with Gasteiger partial charge in [0.15, 0.2) is 5.82 Å². The van der Waals surface area contributed by atoms with Crippen LogP contribution in [0.4, 0.5) is 11.5 Å². The summed E-state index contributed by atoms with van der Waals surface area (Å²) in [6, 6.07) is 12.2. The van der Waals surface area contributed by atoms with E-state index < -0.39 is 0 Å². The van der Waals surface area contributed by atoms with E-state index in [9.17, 15) is 4.79 Å². The second kappa shape index (κ2) is 10.7. The predicted molar refractivity (Wildman–Crippen MR) is 155 cm³/mol. The van der Waals surface area contributed by atoms with Crippen LogP contribution in [0.25, 0.3) is 17.2 Å². The number of amides is 1. The average Bonchev–Trinajstić information content (AvgIpc) is 3.36. The van der Waals surface area contributed by atoms with Gasteiger partial charge < -0.3 is 20.7 Å². The lowest BCUT2D eigenvalue weighted by Crippen LogP contribution is -2.43. The minimum Gasteiger partial charge on any atom is -0.497 e. The summed E-state index contributed by atoms with van der Waals surface area (Å²) in [5.41, 5.74) is 13.6. The largest absolute Gasteiger partial charge is 0.497 e. The highest BCUT2D eigenvalue weighted by atomic mass is 16.5. The van der Waals surface area contributed by atoms with E-state index in [1.165, 1.54) is 15.8 Å². The van der Waals surface area contributed by atoms with Gasteiger partial charge in [0.2, 0.25) is 0 Å². The Morgan fingerprint density at radius 3 is 2.65 bits per heavy atom. The van der Waals surface area contributed by atoms with Crippen LogP contribution in [-0.2, 0) is 19.4 Å². The van der Waals surface area contributed by atoms with Crippen molar-refractivity contribution in [3.63, 3.8) is 0 Å². The maximum absolute atomic E-state index is 13.2. The quantitative estimate of drug-likeness (QED) is 0.384. The van der Waals surface area contributed by atoms with E-state index in [2.05, 4.69) is 50.4 Å². The number of ether oxygens (including phenoxy) is 1. The fraction of sp³-hybridized carbons (Fsp3) is 0.333. The van der Waals surface area contributed by atoms with E-state index in [4.69, 9.17) is 15.5 Å². The van der Waals surface area contributed by atoms with Crippen LogP contribution in [-0.4, -0.2) is 75.8 Å². The highest BCUT2D eigenvalue weighted by Crippen LogP contribution is 2.34. The number of fused-ring (bicyclic) bond motifs is 3. The van der Waals surface area contributed by atoms with Crippen LogP contribution in [0.15, 0.2) is 48.8 Å². The molecule has 3 N–H and O–H groups in total. The molecule has 4 aromatic rings. The molecule has 206 valence electrons. The van der Waals surface area contributed by atoms with Crippen molar-refractivity contribution in [2.45, 2.75) is 26.3 Å². The van der Waals surface area contributed by atoms with Gasteiger partial charge in [-0.2, -0.15) is 0 Å². The van der Waals surface area contributed by atoms with Crippen LogP contribution in [0.5, 0.6) is 5.75 Å². The molecular weight excluding hydrogens is 504 g/mol. The number of piperazine rings is 1. The molecule has 1 saturated heterocycles. The summed E-state index contributed by atoms with van der Waals surface area (Å²) < 4.78 is 6.85. The Balaban J connectivity index is 1.19. The number of nitrogens with two attached hydrogens (primary N) is 1. The summed E-state index contributed by atoms with van der Waals surface area (Å²) in [5.74, 6) is 0.979. The Kier molecular flexibility index (Phi) is 6.95. The van der Waals surface area contributed by atoms with Crippen LogP contribution < -0.4 is 15.8 Å². The molecule has 10 heteroatoms. The zero-order chi connectivity index (χ0) is 27.8. The second-order valence-corrected chi connectivity index (χ2v) is 10.6. The number of methoxy groups -OCH3 is 1. The molecule has 2 aromatic carbocycles. The molecule has 2 aliphatic rings. The highest BCUT2D eigenvalue weighted by Gasteiger charge is 2.22. The van der Waals surface area contributed by atoms with Crippen molar-refractivity contribution in [3.05, 3.63) is 76.6 Å². The number of likely N-dealkylation sites (N-methyl/N-ethyl adjacent to an activating group) is 1. The molecule has 0 unspecified atom stereocenters. The van der Waals surface area contributed by atoms with Crippen LogP contribution >= 0.6 is 0 Å². The summed E-state index contributed by atoms with van der Waals surface area (Å²) in [5, 5.41) is 7.36. The number of hydrogen-bond acceptors (Lipinski definition) is 8. The van der Waals surface area contributed by atoms with Crippen molar-refractivity contribution in [2.75, 3.05) is 51.4 Å². The van der Waals surface area contributed by atoms with E-state index in [-0.39, 0.29) is 17.3 Å². The highest BCUT2D eigenvalue weighted by molar-refractivity contribution is 6.07. The lowest BCUT2D eigenvalue weighted by molar-refractivity contribution is 0.102. The molecule has 3 heterocycles. The van der Waals surface area contributed by atoms with E-state index >= 15 is 0 Å². The number of nitrogens with one attached hydrogen (secondary N) is 1. The number of aromatic nitrogens is 4. The van der Waals surface area contributed by atoms with Gasteiger partial charge in [-0.15, -0.1) is 5.10 Å². The molecule has 1 fully saturated rings. The third kappa shape index (κ3) is 5.15. The molecule has 1 aliphatic carbocycles.